The van der Waals surface area contributed by atoms with E-state index in [1.54, 1.807) is 0 Å². The minimum atomic E-state index is -0.530. The van der Waals surface area contributed by atoms with Crippen LogP contribution in [0.4, 0.5) is 8.78 Å². The van der Waals surface area contributed by atoms with Crippen LogP contribution in [0, 0.1) is 15.2 Å². The first-order chi connectivity index (χ1) is 9.06. The fourth-order valence-corrected chi connectivity index (χ4v) is 2.34. The van der Waals surface area contributed by atoms with Crippen molar-refractivity contribution in [3.8, 4) is 0 Å². The zero-order valence-corrected chi connectivity index (χ0v) is 12.4. The lowest BCUT2D eigenvalue weighted by molar-refractivity contribution is 0.533. The SMILES string of the molecule is NC(Cc1ccc(I)cc1)Cc1c(F)cccc1F. The molecule has 0 radical (unpaired) electrons. The van der Waals surface area contributed by atoms with Gasteiger partial charge in [-0.1, -0.05) is 18.2 Å². The molecule has 0 aliphatic heterocycles. The Kier molecular flexibility index (Phi) is 4.87. The van der Waals surface area contributed by atoms with Crippen LogP contribution in [0.25, 0.3) is 0 Å². The van der Waals surface area contributed by atoms with E-state index in [1.807, 2.05) is 24.3 Å². The molecule has 2 aromatic carbocycles. The fraction of sp³-hybridized carbons (Fsp3) is 0.200. The number of benzene rings is 2. The van der Waals surface area contributed by atoms with Crippen molar-refractivity contribution >= 4 is 22.6 Å². The highest BCUT2D eigenvalue weighted by molar-refractivity contribution is 14.1. The number of halogens is 3. The molecule has 0 aliphatic rings. The van der Waals surface area contributed by atoms with E-state index < -0.39 is 11.6 Å². The van der Waals surface area contributed by atoms with Gasteiger partial charge in [-0.25, -0.2) is 8.78 Å². The molecule has 0 amide bonds. The minimum absolute atomic E-state index is 0.0699. The van der Waals surface area contributed by atoms with Gasteiger partial charge in [0.2, 0.25) is 0 Å². The number of rotatable bonds is 4. The monoisotopic (exact) mass is 373 g/mol. The van der Waals surface area contributed by atoms with Crippen LogP contribution in [0.5, 0.6) is 0 Å². The van der Waals surface area contributed by atoms with Gasteiger partial charge in [0.05, 0.1) is 0 Å². The average molecular weight is 373 g/mol. The number of hydrogen-bond acceptors (Lipinski definition) is 1. The van der Waals surface area contributed by atoms with E-state index in [1.165, 1.54) is 18.2 Å². The summed E-state index contributed by atoms with van der Waals surface area (Å²) in [5.74, 6) is -1.06. The largest absolute Gasteiger partial charge is 0.327 e. The summed E-state index contributed by atoms with van der Waals surface area (Å²) in [6.07, 6.45) is 0.801. The van der Waals surface area contributed by atoms with Gasteiger partial charge in [0, 0.05) is 15.2 Å². The lowest BCUT2D eigenvalue weighted by atomic mass is 9.99. The minimum Gasteiger partial charge on any atom is -0.327 e. The van der Waals surface area contributed by atoms with Gasteiger partial charge in [-0.05, 0) is 65.3 Å². The van der Waals surface area contributed by atoms with Gasteiger partial charge in [-0.3, -0.25) is 0 Å². The van der Waals surface area contributed by atoms with Crippen LogP contribution in [0.2, 0.25) is 0 Å². The molecule has 1 nitrogen and oxygen atoms in total. The summed E-state index contributed by atoms with van der Waals surface area (Å²) in [4.78, 5) is 0. The summed E-state index contributed by atoms with van der Waals surface area (Å²) in [5, 5.41) is 0. The van der Waals surface area contributed by atoms with Gasteiger partial charge < -0.3 is 5.73 Å². The van der Waals surface area contributed by atoms with Crippen molar-refractivity contribution in [1.29, 1.82) is 0 Å². The van der Waals surface area contributed by atoms with Crippen molar-refractivity contribution in [2.24, 2.45) is 5.73 Å². The van der Waals surface area contributed by atoms with Gasteiger partial charge in [0.25, 0.3) is 0 Å². The Hall–Kier alpha value is -1.01. The molecule has 0 aliphatic carbocycles. The predicted octanol–water partition coefficient (Wildman–Crippen LogP) is 3.68. The van der Waals surface area contributed by atoms with Crippen LogP contribution in [0.15, 0.2) is 42.5 Å². The van der Waals surface area contributed by atoms with E-state index in [0.717, 1.165) is 9.13 Å². The summed E-state index contributed by atoms with van der Waals surface area (Å²) in [5.41, 5.74) is 7.12. The first-order valence-electron chi connectivity index (χ1n) is 5.99. The Morgan fingerprint density at radius 3 is 2.11 bits per heavy atom. The summed E-state index contributed by atoms with van der Waals surface area (Å²) < 4.78 is 28.2. The topological polar surface area (TPSA) is 26.0 Å². The molecular weight excluding hydrogens is 359 g/mol. The van der Waals surface area contributed by atoms with E-state index in [4.69, 9.17) is 5.73 Å². The molecule has 0 fully saturated rings. The first kappa shape index (κ1) is 14.4. The highest BCUT2D eigenvalue weighted by Crippen LogP contribution is 2.16. The summed E-state index contributed by atoms with van der Waals surface area (Å²) in [6.45, 7) is 0. The van der Waals surface area contributed by atoms with Crippen LogP contribution in [-0.4, -0.2) is 6.04 Å². The second kappa shape index (κ2) is 6.43. The van der Waals surface area contributed by atoms with Crippen LogP contribution < -0.4 is 5.73 Å². The zero-order valence-electron chi connectivity index (χ0n) is 10.2. The molecule has 1 unspecified atom stereocenters. The Labute approximate surface area is 125 Å². The van der Waals surface area contributed by atoms with Crippen LogP contribution in [0.1, 0.15) is 11.1 Å². The van der Waals surface area contributed by atoms with Gasteiger partial charge in [-0.2, -0.15) is 0 Å². The lowest BCUT2D eigenvalue weighted by Gasteiger charge is -2.13. The normalized spacial score (nSPS) is 12.4. The van der Waals surface area contributed by atoms with E-state index in [2.05, 4.69) is 22.6 Å². The van der Waals surface area contributed by atoms with Crippen LogP contribution in [0.3, 0.4) is 0 Å². The van der Waals surface area contributed by atoms with Gasteiger partial charge in [0.1, 0.15) is 11.6 Å². The van der Waals surface area contributed by atoms with Crippen LogP contribution >= 0.6 is 22.6 Å². The third-order valence-corrected chi connectivity index (χ3v) is 3.66. The van der Waals surface area contributed by atoms with Crippen molar-refractivity contribution in [3.63, 3.8) is 0 Å². The molecule has 100 valence electrons. The molecule has 1 atom stereocenters. The zero-order chi connectivity index (χ0) is 13.8. The quantitative estimate of drug-likeness (QED) is 0.814. The highest BCUT2D eigenvalue weighted by atomic mass is 127. The van der Waals surface area contributed by atoms with Crippen molar-refractivity contribution < 1.29 is 8.78 Å². The molecular formula is C15H14F2IN. The van der Waals surface area contributed by atoms with Crippen molar-refractivity contribution in [2.75, 3.05) is 0 Å². The molecule has 0 saturated carbocycles. The average Bonchev–Trinajstić information content (AvgIpc) is 2.37. The lowest BCUT2D eigenvalue weighted by Crippen LogP contribution is -2.26. The molecule has 0 heterocycles. The molecule has 2 aromatic rings. The van der Waals surface area contributed by atoms with Crippen molar-refractivity contribution in [1.82, 2.24) is 0 Å². The second-order valence-electron chi connectivity index (χ2n) is 4.50. The van der Waals surface area contributed by atoms with Crippen LogP contribution in [-0.2, 0) is 12.8 Å². The second-order valence-corrected chi connectivity index (χ2v) is 5.74. The van der Waals surface area contributed by atoms with Gasteiger partial charge in [0.15, 0.2) is 0 Å². The molecule has 0 bridgehead atoms. The maximum absolute atomic E-state index is 13.5. The fourth-order valence-electron chi connectivity index (χ4n) is 1.98. The van der Waals surface area contributed by atoms with E-state index in [-0.39, 0.29) is 18.0 Å². The third-order valence-electron chi connectivity index (χ3n) is 2.94. The highest BCUT2D eigenvalue weighted by Gasteiger charge is 2.13. The Bertz CT molecular complexity index is 534. The third kappa shape index (κ3) is 3.98. The molecule has 4 heteroatoms. The summed E-state index contributed by atoms with van der Waals surface area (Å²) >= 11 is 2.23. The maximum atomic E-state index is 13.5. The van der Waals surface area contributed by atoms with Gasteiger partial charge in [-0.15, -0.1) is 0 Å². The molecule has 0 saturated heterocycles. The first-order valence-corrected chi connectivity index (χ1v) is 7.07. The standard InChI is InChI=1S/C15H14F2IN/c16-14-2-1-3-15(17)13(14)9-12(19)8-10-4-6-11(18)7-5-10/h1-7,12H,8-9,19H2. The Morgan fingerprint density at radius 1 is 0.947 bits per heavy atom. The molecule has 0 spiro atoms. The Morgan fingerprint density at radius 2 is 1.53 bits per heavy atom. The maximum Gasteiger partial charge on any atom is 0.129 e. The molecule has 0 aromatic heterocycles. The Balaban J connectivity index is 2.05. The number of hydrogen-bond donors (Lipinski definition) is 1. The number of nitrogens with two attached hydrogens (primary N) is 1. The van der Waals surface area contributed by atoms with Crippen molar-refractivity contribution in [3.05, 3.63) is 68.8 Å². The van der Waals surface area contributed by atoms with E-state index in [0.29, 0.717) is 6.42 Å². The molecule has 2 rings (SSSR count). The summed E-state index contributed by atoms with van der Waals surface area (Å²) in [6, 6.07) is 11.5. The van der Waals surface area contributed by atoms with Crippen molar-refractivity contribution in [2.45, 2.75) is 18.9 Å². The molecule has 2 N–H and O–H groups in total. The van der Waals surface area contributed by atoms with Gasteiger partial charge >= 0.3 is 0 Å². The predicted molar refractivity (Wildman–Crippen MR) is 80.9 cm³/mol. The summed E-state index contributed by atoms with van der Waals surface area (Å²) in [7, 11) is 0. The molecule has 19 heavy (non-hydrogen) atoms. The smallest absolute Gasteiger partial charge is 0.129 e. The van der Waals surface area contributed by atoms with E-state index in [9.17, 15) is 8.78 Å². The van der Waals surface area contributed by atoms with E-state index >= 15 is 0 Å².